The Kier molecular flexibility index (Phi) is 6.21. The van der Waals surface area contributed by atoms with Gasteiger partial charge in [0.2, 0.25) is 5.91 Å². The lowest BCUT2D eigenvalue weighted by Crippen LogP contribution is -2.44. The summed E-state index contributed by atoms with van der Waals surface area (Å²) in [6.07, 6.45) is 7.75. The van der Waals surface area contributed by atoms with Gasteiger partial charge in [-0.15, -0.1) is 0 Å². The van der Waals surface area contributed by atoms with Gasteiger partial charge in [0.15, 0.2) is 5.82 Å². The molecule has 31 heavy (non-hydrogen) atoms. The number of carbonyl (C=O) groups is 2. The molecule has 2 amide bonds. The summed E-state index contributed by atoms with van der Waals surface area (Å²) in [7, 11) is 0. The Balaban J connectivity index is 1.54. The summed E-state index contributed by atoms with van der Waals surface area (Å²) in [4.78, 5) is 27.7. The van der Waals surface area contributed by atoms with E-state index in [2.05, 4.69) is 17.3 Å². The highest BCUT2D eigenvalue weighted by Crippen LogP contribution is 2.24. The first kappa shape index (κ1) is 20.9. The molecule has 0 radical (unpaired) electrons. The van der Waals surface area contributed by atoms with Gasteiger partial charge >= 0.3 is 0 Å². The predicted octanol–water partition coefficient (Wildman–Crippen LogP) is 3.43. The van der Waals surface area contributed by atoms with Gasteiger partial charge in [0.25, 0.3) is 5.91 Å². The molecule has 1 N–H and O–H groups in total. The fourth-order valence-corrected chi connectivity index (χ4v) is 3.95. The van der Waals surface area contributed by atoms with E-state index < -0.39 is 0 Å². The number of piperidine rings is 1. The molecular formula is C24H29N5O2. The number of nitrogens with one attached hydrogen (secondary N) is 1. The largest absolute Gasteiger partial charge is 0.353 e. The second kappa shape index (κ2) is 9.20. The second-order valence-corrected chi connectivity index (χ2v) is 8.10. The van der Waals surface area contributed by atoms with E-state index >= 15 is 0 Å². The van der Waals surface area contributed by atoms with Gasteiger partial charge in [0.05, 0.1) is 11.9 Å². The van der Waals surface area contributed by atoms with E-state index in [9.17, 15) is 9.59 Å². The number of amides is 2. The van der Waals surface area contributed by atoms with Crippen LogP contribution in [0.2, 0.25) is 0 Å². The van der Waals surface area contributed by atoms with Crippen molar-refractivity contribution in [1.82, 2.24) is 24.6 Å². The Morgan fingerprint density at radius 2 is 1.77 bits per heavy atom. The van der Waals surface area contributed by atoms with Gasteiger partial charge in [-0.1, -0.05) is 25.1 Å². The van der Waals surface area contributed by atoms with Crippen molar-refractivity contribution < 1.29 is 9.59 Å². The van der Waals surface area contributed by atoms with E-state index in [1.165, 1.54) is 0 Å². The molecule has 1 atom stereocenters. The van der Waals surface area contributed by atoms with Crippen LogP contribution in [0.1, 0.15) is 43.5 Å². The molecule has 0 saturated carbocycles. The van der Waals surface area contributed by atoms with Crippen LogP contribution in [0.3, 0.4) is 0 Å². The van der Waals surface area contributed by atoms with Gasteiger partial charge < -0.3 is 14.8 Å². The number of likely N-dealkylation sites (tertiary alicyclic amines) is 1. The molecule has 1 fully saturated rings. The SMILES string of the molecule is CC[C@H](C)NC(=O)C1CCN(C(=O)c2cnn(-c3ccccc3)c2-n2cccc2)CC1. The molecule has 4 rings (SSSR count). The minimum atomic E-state index is -0.0494. The maximum Gasteiger partial charge on any atom is 0.259 e. The van der Waals surface area contributed by atoms with E-state index in [0.717, 1.165) is 17.9 Å². The predicted molar refractivity (Wildman–Crippen MR) is 119 cm³/mol. The highest BCUT2D eigenvalue weighted by atomic mass is 16.2. The van der Waals surface area contributed by atoms with Crippen LogP contribution >= 0.6 is 0 Å². The van der Waals surface area contributed by atoms with Crippen LogP contribution < -0.4 is 5.32 Å². The third-order valence-corrected chi connectivity index (χ3v) is 5.98. The van der Waals surface area contributed by atoms with Crippen LogP contribution in [0.5, 0.6) is 0 Å². The van der Waals surface area contributed by atoms with Crippen molar-refractivity contribution in [3.63, 3.8) is 0 Å². The first-order chi connectivity index (χ1) is 15.1. The Labute approximate surface area is 182 Å². The lowest BCUT2D eigenvalue weighted by atomic mass is 9.95. The zero-order valence-electron chi connectivity index (χ0n) is 18.1. The highest BCUT2D eigenvalue weighted by molar-refractivity contribution is 5.97. The van der Waals surface area contributed by atoms with Crippen LogP contribution in [0.25, 0.3) is 11.5 Å². The topological polar surface area (TPSA) is 72.2 Å². The summed E-state index contributed by atoms with van der Waals surface area (Å²) in [6.45, 7) is 5.21. The minimum Gasteiger partial charge on any atom is -0.353 e. The van der Waals surface area contributed by atoms with Crippen LogP contribution in [-0.4, -0.2) is 50.2 Å². The Morgan fingerprint density at radius 3 is 2.42 bits per heavy atom. The molecule has 2 aromatic heterocycles. The van der Waals surface area contributed by atoms with Gasteiger partial charge in [-0.2, -0.15) is 5.10 Å². The van der Waals surface area contributed by atoms with Crippen molar-refractivity contribution in [2.24, 2.45) is 5.92 Å². The summed E-state index contributed by atoms with van der Waals surface area (Å²) in [6, 6.07) is 13.8. The van der Waals surface area contributed by atoms with Crippen molar-refractivity contribution in [3.05, 3.63) is 66.6 Å². The standard InChI is InChI=1S/C24H29N5O2/c1-3-18(2)26-22(30)19-11-15-28(16-12-19)24(31)21-17-25-29(20-9-5-4-6-10-20)23(21)27-13-7-8-14-27/h4-10,13-14,17-19H,3,11-12,15-16H2,1-2H3,(H,26,30)/t18-/m0/s1. The summed E-state index contributed by atoms with van der Waals surface area (Å²) in [5.74, 6) is 0.741. The van der Waals surface area contributed by atoms with Gasteiger partial charge in [-0.25, -0.2) is 4.68 Å². The summed E-state index contributed by atoms with van der Waals surface area (Å²) in [5, 5.41) is 7.59. The van der Waals surface area contributed by atoms with Crippen molar-refractivity contribution in [1.29, 1.82) is 0 Å². The van der Waals surface area contributed by atoms with E-state index in [1.807, 2.05) is 71.2 Å². The van der Waals surface area contributed by atoms with Crippen molar-refractivity contribution in [2.45, 2.75) is 39.2 Å². The molecule has 3 aromatic rings. The van der Waals surface area contributed by atoms with E-state index in [0.29, 0.717) is 31.5 Å². The molecule has 7 heteroatoms. The number of nitrogens with zero attached hydrogens (tertiary/aromatic N) is 4. The quantitative estimate of drug-likeness (QED) is 0.665. The average Bonchev–Trinajstić information content (AvgIpc) is 3.49. The third kappa shape index (κ3) is 4.40. The number of aromatic nitrogens is 3. The molecule has 7 nitrogen and oxygen atoms in total. The molecule has 1 saturated heterocycles. The molecule has 0 aliphatic carbocycles. The monoisotopic (exact) mass is 419 g/mol. The molecule has 3 heterocycles. The Bertz CT molecular complexity index is 1020. The Hall–Kier alpha value is -3.35. The van der Waals surface area contributed by atoms with Crippen LogP contribution in [0.4, 0.5) is 0 Å². The van der Waals surface area contributed by atoms with E-state index in [-0.39, 0.29) is 23.8 Å². The maximum atomic E-state index is 13.4. The molecule has 162 valence electrons. The number of carbonyl (C=O) groups excluding carboxylic acids is 2. The van der Waals surface area contributed by atoms with Crippen molar-refractivity contribution >= 4 is 11.8 Å². The molecule has 0 unspecified atom stereocenters. The fraction of sp³-hybridized carbons (Fsp3) is 0.375. The van der Waals surface area contributed by atoms with Crippen molar-refractivity contribution in [3.8, 4) is 11.5 Å². The number of rotatable bonds is 6. The lowest BCUT2D eigenvalue weighted by Gasteiger charge is -2.32. The second-order valence-electron chi connectivity index (χ2n) is 8.10. The third-order valence-electron chi connectivity index (χ3n) is 5.98. The highest BCUT2D eigenvalue weighted by Gasteiger charge is 2.30. The van der Waals surface area contributed by atoms with Gasteiger partial charge in [-0.3, -0.25) is 9.59 Å². The molecule has 0 spiro atoms. The fourth-order valence-electron chi connectivity index (χ4n) is 3.95. The zero-order chi connectivity index (χ0) is 21.8. The van der Waals surface area contributed by atoms with Gasteiger partial charge in [0.1, 0.15) is 5.56 Å². The molecule has 0 bridgehead atoms. The van der Waals surface area contributed by atoms with E-state index in [4.69, 9.17) is 0 Å². The molecule has 1 aliphatic rings. The lowest BCUT2D eigenvalue weighted by molar-refractivity contribution is -0.126. The van der Waals surface area contributed by atoms with Crippen LogP contribution in [-0.2, 0) is 4.79 Å². The average molecular weight is 420 g/mol. The van der Waals surface area contributed by atoms with Crippen LogP contribution in [0, 0.1) is 5.92 Å². The first-order valence-corrected chi connectivity index (χ1v) is 10.9. The Morgan fingerprint density at radius 1 is 1.10 bits per heavy atom. The zero-order valence-corrected chi connectivity index (χ0v) is 18.1. The van der Waals surface area contributed by atoms with E-state index in [1.54, 1.807) is 10.9 Å². The summed E-state index contributed by atoms with van der Waals surface area (Å²) < 4.78 is 3.71. The normalized spacial score (nSPS) is 15.6. The minimum absolute atomic E-state index is 0.0333. The van der Waals surface area contributed by atoms with Gasteiger partial charge in [-0.05, 0) is 50.5 Å². The smallest absolute Gasteiger partial charge is 0.259 e. The summed E-state index contributed by atoms with van der Waals surface area (Å²) >= 11 is 0. The maximum absolute atomic E-state index is 13.4. The molecular weight excluding hydrogens is 390 g/mol. The van der Waals surface area contributed by atoms with Crippen LogP contribution in [0.15, 0.2) is 61.1 Å². The number of para-hydroxylation sites is 1. The molecule has 1 aliphatic heterocycles. The first-order valence-electron chi connectivity index (χ1n) is 10.9. The number of hydrogen-bond donors (Lipinski definition) is 1. The summed E-state index contributed by atoms with van der Waals surface area (Å²) in [5.41, 5.74) is 1.45. The number of hydrogen-bond acceptors (Lipinski definition) is 3. The van der Waals surface area contributed by atoms with Gasteiger partial charge in [0, 0.05) is 37.4 Å². The van der Waals surface area contributed by atoms with Crippen molar-refractivity contribution in [2.75, 3.05) is 13.1 Å². The molecule has 1 aromatic carbocycles. The number of benzene rings is 1.